The fourth-order valence-corrected chi connectivity index (χ4v) is 2.20. The van der Waals surface area contributed by atoms with E-state index >= 15 is 0 Å². The number of benzene rings is 2. The SMILES string of the molecule is COc1cc2oc(=O)cc(-c3ccccc3)c2cc1O. The summed E-state index contributed by atoms with van der Waals surface area (Å²) in [6.07, 6.45) is 0. The number of hydrogen-bond acceptors (Lipinski definition) is 4. The molecule has 1 heterocycles. The Bertz CT molecular complexity index is 819. The summed E-state index contributed by atoms with van der Waals surface area (Å²) in [5, 5.41) is 10.6. The van der Waals surface area contributed by atoms with Crippen LogP contribution in [0.4, 0.5) is 0 Å². The van der Waals surface area contributed by atoms with E-state index in [1.807, 2.05) is 30.3 Å². The molecule has 0 atom stereocenters. The van der Waals surface area contributed by atoms with E-state index in [2.05, 4.69) is 0 Å². The fraction of sp³-hybridized carbons (Fsp3) is 0.0625. The molecule has 0 aliphatic carbocycles. The van der Waals surface area contributed by atoms with Crippen LogP contribution in [-0.2, 0) is 0 Å². The van der Waals surface area contributed by atoms with E-state index < -0.39 is 5.63 Å². The number of rotatable bonds is 2. The van der Waals surface area contributed by atoms with Crippen LogP contribution >= 0.6 is 0 Å². The molecule has 3 aromatic rings. The van der Waals surface area contributed by atoms with Crippen LogP contribution in [0.15, 0.2) is 57.7 Å². The molecule has 0 bridgehead atoms. The van der Waals surface area contributed by atoms with Gasteiger partial charge in [-0.1, -0.05) is 30.3 Å². The Morgan fingerprint density at radius 3 is 2.55 bits per heavy atom. The van der Waals surface area contributed by atoms with Crippen molar-refractivity contribution >= 4 is 11.0 Å². The summed E-state index contributed by atoms with van der Waals surface area (Å²) in [4.78, 5) is 11.7. The molecule has 0 amide bonds. The first kappa shape index (κ1) is 12.3. The summed E-state index contributed by atoms with van der Waals surface area (Å²) in [7, 11) is 1.44. The Kier molecular flexibility index (Phi) is 2.91. The molecule has 0 fully saturated rings. The van der Waals surface area contributed by atoms with Crippen molar-refractivity contribution in [1.29, 1.82) is 0 Å². The molecule has 3 rings (SSSR count). The van der Waals surface area contributed by atoms with Gasteiger partial charge in [0.2, 0.25) is 0 Å². The van der Waals surface area contributed by atoms with Crippen LogP contribution in [0.2, 0.25) is 0 Å². The fourth-order valence-electron chi connectivity index (χ4n) is 2.20. The molecule has 100 valence electrons. The van der Waals surface area contributed by atoms with Gasteiger partial charge in [0.05, 0.1) is 7.11 Å². The number of phenols is 1. The van der Waals surface area contributed by atoms with Gasteiger partial charge in [0.1, 0.15) is 5.58 Å². The lowest BCUT2D eigenvalue weighted by molar-refractivity contribution is 0.373. The minimum absolute atomic E-state index is 0.00558. The molecule has 0 unspecified atom stereocenters. The number of methoxy groups -OCH3 is 1. The average molecular weight is 268 g/mol. The van der Waals surface area contributed by atoms with Crippen molar-refractivity contribution in [2.75, 3.05) is 7.11 Å². The number of aromatic hydroxyl groups is 1. The van der Waals surface area contributed by atoms with Gasteiger partial charge >= 0.3 is 5.63 Å². The first-order valence-corrected chi connectivity index (χ1v) is 6.09. The second-order valence-electron chi connectivity index (χ2n) is 4.37. The Morgan fingerprint density at radius 2 is 1.85 bits per heavy atom. The third-order valence-corrected chi connectivity index (χ3v) is 3.13. The molecule has 0 spiro atoms. The van der Waals surface area contributed by atoms with Crippen molar-refractivity contribution in [3.63, 3.8) is 0 Å². The zero-order valence-corrected chi connectivity index (χ0v) is 10.8. The Labute approximate surface area is 114 Å². The van der Waals surface area contributed by atoms with Gasteiger partial charge in [-0.15, -0.1) is 0 Å². The highest BCUT2D eigenvalue weighted by molar-refractivity contribution is 5.95. The van der Waals surface area contributed by atoms with E-state index in [4.69, 9.17) is 9.15 Å². The summed E-state index contributed by atoms with van der Waals surface area (Å²) in [5.41, 5.74) is 1.54. The van der Waals surface area contributed by atoms with E-state index in [1.165, 1.54) is 19.2 Å². The second-order valence-corrected chi connectivity index (χ2v) is 4.37. The third kappa shape index (κ3) is 2.01. The second kappa shape index (κ2) is 4.74. The zero-order valence-electron chi connectivity index (χ0n) is 10.8. The van der Waals surface area contributed by atoms with Gasteiger partial charge in [-0.2, -0.15) is 0 Å². The lowest BCUT2D eigenvalue weighted by Crippen LogP contribution is -1.98. The van der Waals surface area contributed by atoms with Crippen molar-refractivity contribution < 1.29 is 14.3 Å². The summed E-state index contributed by atoms with van der Waals surface area (Å²) < 4.78 is 10.2. The highest BCUT2D eigenvalue weighted by atomic mass is 16.5. The predicted octanol–water partition coefficient (Wildman–Crippen LogP) is 3.17. The van der Waals surface area contributed by atoms with Gasteiger partial charge in [0.15, 0.2) is 11.5 Å². The number of fused-ring (bicyclic) bond motifs is 1. The minimum atomic E-state index is -0.441. The van der Waals surface area contributed by atoms with Crippen molar-refractivity contribution in [2.45, 2.75) is 0 Å². The Hall–Kier alpha value is -2.75. The lowest BCUT2D eigenvalue weighted by atomic mass is 10.0. The molecule has 4 nitrogen and oxygen atoms in total. The molecular formula is C16H12O4. The van der Waals surface area contributed by atoms with Crippen LogP contribution < -0.4 is 10.4 Å². The molecule has 0 radical (unpaired) electrons. The lowest BCUT2D eigenvalue weighted by Gasteiger charge is -2.08. The molecule has 20 heavy (non-hydrogen) atoms. The molecule has 1 N–H and O–H groups in total. The van der Waals surface area contributed by atoms with Crippen LogP contribution in [0.5, 0.6) is 11.5 Å². The molecule has 2 aromatic carbocycles. The minimum Gasteiger partial charge on any atom is -0.504 e. The maximum absolute atomic E-state index is 11.7. The molecule has 4 heteroatoms. The largest absolute Gasteiger partial charge is 0.504 e. The maximum atomic E-state index is 11.7. The number of ether oxygens (including phenoxy) is 1. The van der Waals surface area contributed by atoms with E-state index in [0.29, 0.717) is 11.0 Å². The average Bonchev–Trinajstić information content (AvgIpc) is 2.47. The Balaban J connectivity index is 2.38. The van der Waals surface area contributed by atoms with Crippen molar-refractivity contribution in [1.82, 2.24) is 0 Å². The first-order valence-electron chi connectivity index (χ1n) is 6.09. The smallest absolute Gasteiger partial charge is 0.336 e. The topological polar surface area (TPSA) is 59.7 Å². The summed E-state index contributed by atoms with van der Waals surface area (Å²) in [6.45, 7) is 0. The van der Waals surface area contributed by atoms with Crippen LogP contribution in [0.3, 0.4) is 0 Å². The highest BCUT2D eigenvalue weighted by Gasteiger charge is 2.12. The first-order chi connectivity index (χ1) is 9.69. The van der Waals surface area contributed by atoms with Gasteiger partial charge in [0.25, 0.3) is 0 Å². The molecule has 1 aromatic heterocycles. The van der Waals surface area contributed by atoms with E-state index in [9.17, 15) is 9.90 Å². The van der Waals surface area contributed by atoms with Gasteiger partial charge in [-0.05, 0) is 17.2 Å². The van der Waals surface area contributed by atoms with Crippen LogP contribution in [0.1, 0.15) is 0 Å². The number of hydrogen-bond donors (Lipinski definition) is 1. The van der Waals surface area contributed by atoms with E-state index in [0.717, 1.165) is 11.1 Å². The van der Waals surface area contributed by atoms with Gasteiger partial charge in [-0.25, -0.2) is 4.79 Å². The summed E-state index contributed by atoms with van der Waals surface area (Å²) >= 11 is 0. The normalized spacial score (nSPS) is 10.7. The monoisotopic (exact) mass is 268 g/mol. The quantitative estimate of drug-likeness (QED) is 0.725. The van der Waals surface area contributed by atoms with Crippen molar-refractivity contribution in [2.24, 2.45) is 0 Å². The summed E-state index contributed by atoms with van der Waals surface area (Å²) in [6, 6.07) is 13.9. The standard InChI is InChI=1S/C16H12O4/c1-19-15-9-14-12(7-13(15)17)11(8-16(18)20-14)10-5-3-2-4-6-10/h2-9,17H,1H3. The Morgan fingerprint density at radius 1 is 1.10 bits per heavy atom. The van der Waals surface area contributed by atoms with E-state index in [1.54, 1.807) is 6.07 Å². The van der Waals surface area contributed by atoms with Crippen molar-refractivity contribution in [3.05, 3.63) is 59.0 Å². The number of phenolic OH excluding ortho intramolecular Hbond substituents is 1. The summed E-state index contributed by atoms with van der Waals surface area (Å²) in [5.74, 6) is 0.275. The molecule has 0 aliphatic heterocycles. The maximum Gasteiger partial charge on any atom is 0.336 e. The van der Waals surface area contributed by atoms with Crippen LogP contribution in [-0.4, -0.2) is 12.2 Å². The van der Waals surface area contributed by atoms with Crippen molar-refractivity contribution in [3.8, 4) is 22.6 Å². The molecular weight excluding hydrogens is 256 g/mol. The van der Waals surface area contributed by atoms with E-state index in [-0.39, 0.29) is 11.5 Å². The van der Waals surface area contributed by atoms with Crippen LogP contribution in [0.25, 0.3) is 22.1 Å². The third-order valence-electron chi connectivity index (χ3n) is 3.13. The molecule has 0 saturated heterocycles. The van der Waals surface area contributed by atoms with Gasteiger partial charge < -0.3 is 14.3 Å². The molecule has 0 saturated carbocycles. The van der Waals surface area contributed by atoms with Gasteiger partial charge in [0, 0.05) is 17.5 Å². The van der Waals surface area contributed by atoms with Crippen LogP contribution in [0, 0.1) is 0 Å². The highest BCUT2D eigenvalue weighted by Crippen LogP contribution is 2.35. The predicted molar refractivity (Wildman–Crippen MR) is 76.1 cm³/mol. The zero-order chi connectivity index (χ0) is 14.1. The molecule has 0 aliphatic rings. The van der Waals surface area contributed by atoms with Gasteiger partial charge in [-0.3, -0.25) is 0 Å².